The molecule has 15 heavy (non-hydrogen) atoms. The molecular weight excluding hydrogens is 265 g/mol. The minimum atomic E-state index is -0.374. The summed E-state index contributed by atoms with van der Waals surface area (Å²) >= 11 is 3.13. The quantitative estimate of drug-likeness (QED) is 0.521. The molecule has 1 aromatic carbocycles. The molecule has 0 bridgehead atoms. The zero-order valence-corrected chi connectivity index (χ0v) is 9.20. The van der Waals surface area contributed by atoms with E-state index >= 15 is 0 Å². The molecule has 0 fully saturated rings. The second kappa shape index (κ2) is 4.74. The molecule has 0 aliphatic carbocycles. The van der Waals surface area contributed by atoms with E-state index in [1.165, 1.54) is 18.2 Å². The number of rotatable bonds is 1. The third-order valence-electron chi connectivity index (χ3n) is 1.39. The average molecular weight is 274 g/mol. The molecule has 5 nitrogen and oxygen atoms in total. The minimum absolute atomic E-state index is 0.0951. The maximum atomic E-state index is 12.7. The molecule has 80 valence electrons. The van der Waals surface area contributed by atoms with Crippen LogP contribution in [0.4, 0.5) is 10.1 Å². The van der Waals surface area contributed by atoms with Gasteiger partial charge in [-0.15, -0.1) is 0 Å². The molecule has 7 heteroatoms. The van der Waals surface area contributed by atoms with E-state index in [2.05, 4.69) is 25.9 Å². The lowest BCUT2D eigenvalue weighted by atomic mass is 10.3. The summed E-state index contributed by atoms with van der Waals surface area (Å²) in [6.45, 7) is 0. The van der Waals surface area contributed by atoms with Crippen LogP contribution in [0.2, 0.25) is 0 Å². The van der Waals surface area contributed by atoms with Crippen molar-refractivity contribution in [3.63, 3.8) is 0 Å². The molecule has 0 saturated carbocycles. The summed E-state index contributed by atoms with van der Waals surface area (Å²) in [6.07, 6.45) is 0. The van der Waals surface area contributed by atoms with Crippen LogP contribution in [0.5, 0.6) is 0 Å². The normalized spacial score (nSPS) is 11.2. The van der Waals surface area contributed by atoms with E-state index < -0.39 is 0 Å². The fraction of sp³-hybridized carbons (Fsp3) is 0. The van der Waals surface area contributed by atoms with Gasteiger partial charge in [0.1, 0.15) is 5.82 Å². The van der Waals surface area contributed by atoms with Crippen molar-refractivity contribution in [1.82, 2.24) is 0 Å². The number of benzene rings is 1. The maximum Gasteiger partial charge on any atom is 0.223 e. The van der Waals surface area contributed by atoms with E-state index in [-0.39, 0.29) is 17.7 Å². The minimum Gasteiger partial charge on any atom is -0.370 e. The molecule has 0 amide bonds. The highest BCUT2D eigenvalue weighted by atomic mass is 79.9. The van der Waals surface area contributed by atoms with Gasteiger partial charge in [-0.2, -0.15) is 4.99 Å². The number of nitrogens with zero attached hydrogens (tertiary/aromatic N) is 2. The third kappa shape index (κ3) is 3.55. The Kier molecular flexibility index (Phi) is 3.62. The molecule has 0 aliphatic heterocycles. The van der Waals surface area contributed by atoms with Crippen LogP contribution >= 0.6 is 15.9 Å². The molecule has 0 atom stereocenters. The summed E-state index contributed by atoms with van der Waals surface area (Å²) in [5, 5.41) is 0. The van der Waals surface area contributed by atoms with Gasteiger partial charge < -0.3 is 17.2 Å². The highest BCUT2D eigenvalue weighted by molar-refractivity contribution is 9.10. The highest BCUT2D eigenvalue weighted by Crippen LogP contribution is 2.25. The van der Waals surface area contributed by atoms with Crippen molar-refractivity contribution in [3.8, 4) is 0 Å². The monoisotopic (exact) mass is 273 g/mol. The van der Waals surface area contributed by atoms with Crippen molar-refractivity contribution in [3.05, 3.63) is 28.5 Å². The molecule has 0 aromatic heterocycles. The fourth-order valence-electron chi connectivity index (χ4n) is 0.853. The van der Waals surface area contributed by atoms with Gasteiger partial charge in [-0.3, -0.25) is 0 Å². The summed E-state index contributed by atoms with van der Waals surface area (Å²) in [5.74, 6) is -0.655. The van der Waals surface area contributed by atoms with Gasteiger partial charge in [0.25, 0.3) is 0 Å². The first-order chi connectivity index (χ1) is 6.99. The Hall–Kier alpha value is -1.63. The second-order valence-electron chi connectivity index (χ2n) is 2.60. The Morgan fingerprint density at radius 2 is 1.93 bits per heavy atom. The number of aliphatic imine (C=N–C) groups is 2. The van der Waals surface area contributed by atoms with E-state index in [1.54, 1.807) is 0 Å². The van der Waals surface area contributed by atoms with Crippen molar-refractivity contribution in [1.29, 1.82) is 0 Å². The van der Waals surface area contributed by atoms with E-state index in [0.717, 1.165) is 0 Å². The standard InChI is InChI=1S/C8H9BrFN5/c9-5-3-4(10)1-2-6(5)14-8(13)15-7(11)12/h1-3H,(H6,11,12,13,14,15). The van der Waals surface area contributed by atoms with Crippen LogP contribution in [0.3, 0.4) is 0 Å². The van der Waals surface area contributed by atoms with Crippen LogP contribution in [0.25, 0.3) is 0 Å². The SMILES string of the molecule is NC(N)=NC(N)=Nc1ccc(F)cc1Br. The zero-order valence-electron chi connectivity index (χ0n) is 7.61. The van der Waals surface area contributed by atoms with Crippen molar-refractivity contribution in [2.24, 2.45) is 27.2 Å². The smallest absolute Gasteiger partial charge is 0.223 e. The van der Waals surface area contributed by atoms with Crippen molar-refractivity contribution in [2.45, 2.75) is 0 Å². The van der Waals surface area contributed by atoms with Crippen LogP contribution in [-0.2, 0) is 0 Å². The molecule has 0 aliphatic rings. The Balaban J connectivity index is 3.03. The molecule has 1 aromatic rings. The van der Waals surface area contributed by atoms with Gasteiger partial charge in [-0.1, -0.05) is 0 Å². The molecule has 0 radical (unpaired) electrons. The van der Waals surface area contributed by atoms with E-state index in [4.69, 9.17) is 17.2 Å². The maximum absolute atomic E-state index is 12.7. The Morgan fingerprint density at radius 1 is 1.27 bits per heavy atom. The van der Waals surface area contributed by atoms with Gasteiger partial charge >= 0.3 is 0 Å². The van der Waals surface area contributed by atoms with Crippen molar-refractivity contribution >= 4 is 33.5 Å². The number of halogens is 2. The topological polar surface area (TPSA) is 103 Å². The average Bonchev–Trinajstić information content (AvgIpc) is 2.08. The van der Waals surface area contributed by atoms with E-state index in [0.29, 0.717) is 10.2 Å². The largest absolute Gasteiger partial charge is 0.370 e. The number of nitrogens with two attached hydrogens (primary N) is 3. The summed E-state index contributed by atoms with van der Waals surface area (Å²) < 4.78 is 13.2. The Labute approximate surface area is 94.0 Å². The lowest BCUT2D eigenvalue weighted by Gasteiger charge is -1.99. The highest BCUT2D eigenvalue weighted by Gasteiger charge is 2.00. The molecule has 0 unspecified atom stereocenters. The third-order valence-corrected chi connectivity index (χ3v) is 2.02. The first-order valence-electron chi connectivity index (χ1n) is 3.88. The van der Waals surface area contributed by atoms with Crippen molar-refractivity contribution in [2.75, 3.05) is 0 Å². The first-order valence-corrected chi connectivity index (χ1v) is 4.67. The summed E-state index contributed by atoms with van der Waals surface area (Å²) in [5.41, 5.74) is 16.1. The fourth-order valence-corrected chi connectivity index (χ4v) is 1.29. The van der Waals surface area contributed by atoms with Crippen LogP contribution < -0.4 is 17.2 Å². The van der Waals surface area contributed by atoms with Gasteiger partial charge in [0.15, 0.2) is 5.96 Å². The van der Waals surface area contributed by atoms with E-state index in [9.17, 15) is 4.39 Å². The van der Waals surface area contributed by atoms with Gasteiger partial charge in [-0.25, -0.2) is 9.38 Å². The van der Waals surface area contributed by atoms with E-state index in [1.807, 2.05) is 0 Å². The molecular formula is C8H9BrFN5. The van der Waals surface area contributed by atoms with Crippen LogP contribution in [-0.4, -0.2) is 11.9 Å². The number of hydrogen-bond donors (Lipinski definition) is 3. The number of guanidine groups is 2. The van der Waals surface area contributed by atoms with Crippen molar-refractivity contribution < 1.29 is 4.39 Å². The molecule has 0 spiro atoms. The van der Waals surface area contributed by atoms with Gasteiger partial charge in [0.2, 0.25) is 5.96 Å². The second-order valence-corrected chi connectivity index (χ2v) is 3.46. The molecule has 0 heterocycles. The summed E-state index contributed by atoms with van der Waals surface area (Å²) in [4.78, 5) is 7.39. The Morgan fingerprint density at radius 3 is 2.47 bits per heavy atom. The molecule has 0 saturated heterocycles. The first kappa shape index (κ1) is 11.4. The predicted molar refractivity (Wildman–Crippen MR) is 61.2 cm³/mol. The Bertz CT molecular complexity index is 425. The van der Waals surface area contributed by atoms with Gasteiger partial charge in [0.05, 0.1) is 5.69 Å². The van der Waals surface area contributed by atoms with Gasteiger partial charge in [-0.05, 0) is 34.1 Å². The zero-order chi connectivity index (χ0) is 11.4. The van der Waals surface area contributed by atoms with Crippen LogP contribution in [0, 0.1) is 5.82 Å². The van der Waals surface area contributed by atoms with Crippen LogP contribution in [0.1, 0.15) is 0 Å². The summed E-state index contributed by atoms with van der Waals surface area (Å²) in [7, 11) is 0. The summed E-state index contributed by atoms with van der Waals surface area (Å²) in [6, 6.07) is 3.97. The van der Waals surface area contributed by atoms with Gasteiger partial charge in [0, 0.05) is 4.47 Å². The predicted octanol–water partition coefficient (Wildman–Crippen LogP) is 0.808. The number of hydrogen-bond acceptors (Lipinski definition) is 1. The lowest BCUT2D eigenvalue weighted by Crippen LogP contribution is -2.26. The molecule has 1 rings (SSSR count). The molecule has 6 N–H and O–H groups in total. The lowest BCUT2D eigenvalue weighted by molar-refractivity contribution is 0.627. The van der Waals surface area contributed by atoms with Crippen LogP contribution in [0.15, 0.2) is 32.7 Å².